The summed E-state index contributed by atoms with van der Waals surface area (Å²) in [6.45, 7) is 7.40. The number of nitrogens with one attached hydrogen (secondary N) is 2. The molecule has 0 saturated carbocycles. The Balaban J connectivity index is 1.76. The minimum Gasteiger partial charge on any atom is -0.483 e. The van der Waals surface area contributed by atoms with Crippen molar-refractivity contribution in [1.82, 2.24) is 10.9 Å². The van der Waals surface area contributed by atoms with Crippen LogP contribution >= 0.6 is 11.6 Å². The Morgan fingerprint density at radius 1 is 1.04 bits per heavy atom. The van der Waals surface area contributed by atoms with Crippen LogP contribution in [0.25, 0.3) is 0 Å². The number of carbonyl (C=O) groups excluding carboxylic acids is 2. The maximum atomic E-state index is 12.1. The van der Waals surface area contributed by atoms with E-state index in [1.807, 2.05) is 31.2 Å². The van der Waals surface area contributed by atoms with Gasteiger partial charge in [-0.3, -0.25) is 20.4 Å². The molecular formula is C21H25ClN2O4. The molecule has 7 heteroatoms. The smallest absolute Gasteiger partial charge is 0.279 e. The highest BCUT2D eigenvalue weighted by Gasteiger charge is 2.16. The normalized spacial score (nSPS) is 11.6. The summed E-state index contributed by atoms with van der Waals surface area (Å²) in [6, 6.07) is 12.7. The van der Waals surface area contributed by atoms with Gasteiger partial charge >= 0.3 is 0 Å². The lowest BCUT2D eigenvalue weighted by atomic mass is 10.0. The molecule has 0 bridgehead atoms. The summed E-state index contributed by atoms with van der Waals surface area (Å²) in [5.74, 6) is 0.594. The quantitative estimate of drug-likeness (QED) is 0.689. The number of amides is 2. The topological polar surface area (TPSA) is 76.7 Å². The van der Waals surface area contributed by atoms with Crippen molar-refractivity contribution in [2.24, 2.45) is 0 Å². The van der Waals surface area contributed by atoms with E-state index in [4.69, 9.17) is 21.1 Å². The number of hydrazine groups is 1. The minimum absolute atomic E-state index is 0.241. The molecule has 2 aromatic rings. The molecule has 0 aromatic heterocycles. The van der Waals surface area contributed by atoms with Crippen molar-refractivity contribution < 1.29 is 19.1 Å². The molecule has 0 saturated heterocycles. The van der Waals surface area contributed by atoms with Gasteiger partial charge in [0.2, 0.25) is 0 Å². The number of benzene rings is 2. The van der Waals surface area contributed by atoms with Crippen LogP contribution in [-0.2, 0) is 9.59 Å². The number of hydrogen-bond donors (Lipinski definition) is 2. The Labute approximate surface area is 170 Å². The molecular weight excluding hydrogens is 380 g/mol. The molecule has 0 radical (unpaired) electrons. The van der Waals surface area contributed by atoms with Gasteiger partial charge in [-0.2, -0.15) is 0 Å². The van der Waals surface area contributed by atoms with Crippen LogP contribution < -0.4 is 20.3 Å². The van der Waals surface area contributed by atoms with Crippen molar-refractivity contribution in [3.63, 3.8) is 0 Å². The first-order chi connectivity index (χ1) is 13.3. The standard InChI is InChI=1S/C21H25ClN2O4/c1-13(2)16-5-8-18(9-6-16)28-15(4)21(26)24-23-20(25)12-27-19-10-7-17(22)11-14(19)3/h5-11,13,15H,12H2,1-4H3,(H,23,25)(H,24,26)/t15-/m0/s1. The Morgan fingerprint density at radius 3 is 2.32 bits per heavy atom. The van der Waals surface area contributed by atoms with Gasteiger partial charge in [0.15, 0.2) is 12.7 Å². The van der Waals surface area contributed by atoms with Gasteiger partial charge in [-0.05, 0) is 61.2 Å². The maximum absolute atomic E-state index is 12.1. The van der Waals surface area contributed by atoms with Gasteiger partial charge in [-0.1, -0.05) is 37.6 Å². The van der Waals surface area contributed by atoms with Crippen LogP contribution in [0.5, 0.6) is 11.5 Å². The average Bonchev–Trinajstić information content (AvgIpc) is 2.65. The molecule has 2 amide bonds. The minimum atomic E-state index is -0.773. The molecule has 150 valence electrons. The highest BCUT2D eigenvalue weighted by Crippen LogP contribution is 2.21. The molecule has 0 aliphatic rings. The zero-order chi connectivity index (χ0) is 20.7. The summed E-state index contributed by atoms with van der Waals surface area (Å²) in [7, 11) is 0. The van der Waals surface area contributed by atoms with E-state index in [0.29, 0.717) is 22.4 Å². The lowest BCUT2D eigenvalue weighted by molar-refractivity contribution is -0.133. The third-order valence-electron chi connectivity index (χ3n) is 4.05. The summed E-state index contributed by atoms with van der Waals surface area (Å²) in [6.07, 6.45) is -0.773. The van der Waals surface area contributed by atoms with Crippen LogP contribution in [0.2, 0.25) is 5.02 Å². The van der Waals surface area contributed by atoms with Crippen LogP contribution in [0.15, 0.2) is 42.5 Å². The highest BCUT2D eigenvalue weighted by atomic mass is 35.5. The van der Waals surface area contributed by atoms with Crippen molar-refractivity contribution in [3.05, 3.63) is 58.6 Å². The van der Waals surface area contributed by atoms with E-state index in [1.54, 1.807) is 25.1 Å². The highest BCUT2D eigenvalue weighted by molar-refractivity contribution is 6.30. The second kappa shape index (κ2) is 9.99. The third kappa shape index (κ3) is 6.46. The van der Waals surface area contributed by atoms with Crippen molar-refractivity contribution in [2.75, 3.05) is 6.61 Å². The van der Waals surface area contributed by atoms with Gasteiger partial charge < -0.3 is 9.47 Å². The number of carbonyl (C=O) groups is 2. The van der Waals surface area contributed by atoms with E-state index < -0.39 is 17.9 Å². The maximum Gasteiger partial charge on any atom is 0.279 e. The average molecular weight is 405 g/mol. The monoisotopic (exact) mass is 404 g/mol. The molecule has 6 nitrogen and oxygen atoms in total. The van der Waals surface area contributed by atoms with Crippen LogP contribution in [-0.4, -0.2) is 24.5 Å². The van der Waals surface area contributed by atoms with Crippen molar-refractivity contribution in [1.29, 1.82) is 0 Å². The molecule has 0 unspecified atom stereocenters. The molecule has 1 atom stereocenters. The number of hydrogen-bond acceptors (Lipinski definition) is 4. The summed E-state index contributed by atoms with van der Waals surface area (Å²) >= 11 is 5.88. The fourth-order valence-electron chi connectivity index (χ4n) is 2.38. The van der Waals surface area contributed by atoms with Crippen molar-refractivity contribution in [3.8, 4) is 11.5 Å². The first kappa shape index (κ1) is 21.6. The first-order valence-corrected chi connectivity index (χ1v) is 9.38. The van der Waals surface area contributed by atoms with Gasteiger partial charge in [0.1, 0.15) is 11.5 Å². The van der Waals surface area contributed by atoms with E-state index in [0.717, 1.165) is 5.56 Å². The lowest BCUT2D eigenvalue weighted by Crippen LogP contribution is -2.48. The number of ether oxygens (including phenoxy) is 2. The SMILES string of the molecule is Cc1cc(Cl)ccc1OCC(=O)NNC(=O)[C@H](C)Oc1ccc(C(C)C)cc1. The molecule has 0 aliphatic carbocycles. The predicted molar refractivity (Wildman–Crippen MR) is 109 cm³/mol. The van der Waals surface area contributed by atoms with Crippen LogP contribution in [0, 0.1) is 6.92 Å². The van der Waals surface area contributed by atoms with Crippen LogP contribution in [0.4, 0.5) is 0 Å². The second-order valence-electron chi connectivity index (χ2n) is 6.72. The van der Waals surface area contributed by atoms with Crippen molar-refractivity contribution >= 4 is 23.4 Å². The lowest BCUT2D eigenvalue weighted by Gasteiger charge is -2.16. The van der Waals surface area contributed by atoms with Crippen LogP contribution in [0.1, 0.15) is 37.8 Å². The van der Waals surface area contributed by atoms with E-state index in [9.17, 15) is 9.59 Å². The fourth-order valence-corrected chi connectivity index (χ4v) is 2.60. The number of rotatable bonds is 7. The largest absolute Gasteiger partial charge is 0.483 e. The number of aryl methyl sites for hydroxylation is 1. The van der Waals surface area contributed by atoms with E-state index in [1.165, 1.54) is 5.56 Å². The zero-order valence-corrected chi connectivity index (χ0v) is 17.2. The van der Waals surface area contributed by atoms with Crippen molar-refractivity contribution in [2.45, 2.75) is 39.7 Å². The molecule has 0 spiro atoms. The summed E-state index contributed by atoms with van der Waals surface area (Å²) in [4.78, 5) is 24.0. The van der Waals surface area contributed by atoms with E-state index >= 15 is 0 Å². The summed E-state index contributed by atoms with van der Waals surface area (Å²) < 4.78 is 11.0. The third-order valence-corrected chi connectivity index (χ3v) is 4.28. The second-order valence-corrected chi connectivity index (χ2v) is 7.16. The van der Waals surface area contributed by atoms with Crippen LogP contribution in [0.3, 0.4) is 0 Å². The predicted octanol–water partition coefficient (Wildman–Crippen LogP) is 3.77. The zero-order valence-electron chi connectivity index (χ0n) is 16.4. The van der Waals surface area contributed by atoms with Gasteiger partial charge in [0.25, 0.3) is 11.8 Å². The molecule has 2 N–H and O–H groups in total. The first-order valence-electron chi connectivity index (χ1n) is 9.00. The molecule has 28 heavy (non-hydrogen) atoms. The summed E-state index contributed by atoms with van der Waals surface area (Å²) in [5, 5.41) is 0.592. The van der Waals surface area contributed by atoms with Gasteiger partial charge in [-0.15, -0.1) is 0 Å². The molecule has 0 fully saturated rings. The fraction of sp³-hybridized carbons (Fsp3) is 0.333. The summed E-state index contributed by atoms with van der Waals surface area (Å²) in [5.41, 5.74) is 6.63. The van der Waals surface area contributed by atoms with E-state index in [2.05, 4.69) is 24.7 Å². The van der Waals surface area contributed by atoms with Gasteiger partial charge in [-0.25, -0.2) is 0 Å². The molecule has 2 rings (SSSR count). The Bertz CT molecular complexity index is 822. The Morgan fingerprint density at radius 2 is 1.71 bits per heavy atom. The van der Waals surface area contributed by atoms with E-state index in [-0.39, 0.29) is 6.61 Å². The molecule has 0 heterocycles. The molecule has 0 aliphatic heterocycles. The number of halogens is 1. The Hall–Kier alpha value is -2.73. The Kier molecular flexibility index (Phi) is 7.70. The molecule has 2 aromatic carbocycles. The van der Waals surface area contributed by atoms with Gasteiger partial charge in [0.05, 0.1) is 0 Å². The van der Waals surface area contributed by atoms with Gasteiger partial charge in [0, 0.05) is 5.02 Å².